The van der Waals surface area contributed by atoms with Crippen LogP contribution in [0.25, 0.3) is 0 Å². The van der Waals surface area contributed by atoms with Crippen molar-refractivity contribution in [3.63, 3.8) is 0 Å². The number of rotatable bonds is 11. The van der Waals surface area contributed by atoms with Gasteiger partial charge in [-0.2, -0.15) is 0 Å². The Balaban J connectivity index is -0.000000980. The molecule has 0 unspecified atom stereocenters. The van der Waals surface area contributed by atoms with Crippen molar-refractivity contribution >= 4 is 7.12 Å². The summed E-state index contributed by atoms with van der Waals surface area (Å²) in [5.41, 5.74) is 0. The number of hydrogen-bond donors (Lipinski definition) is 0. The molecule has 0 aromatic rings. The van der Waals surface area contributed by atoms with E-state index in [2.05, 4.69) is 6.92 Å². The van der Waals surface area contributed by atoms with Crippen LogP contribution in [-0.2, 0) is 0 Å². The van der Waals surface area contributed by atoms with E-state index in [0.29, 0.717) is 6.32 Å². The Morgan fingerprint density at radius 1 is 0.647 bits per heavy atom. The zero-order valence-corrected chi connectivity index (χ0v) is 16.2. The van der Waals surface area contributed by atoms with Gasteiger partial charge in [-0.3, -0.25) is 0 Å². The molecule has 0 N–H and O–H groups in total. The molecule has 0 saturated carbocycles. The van der Waals surface area contributed by atoms with Crippen LogP contribution in [0.3, 0.4) is 0 Å². The summed E-state index contributed by atoms with van der Waals surface area (Å²) in [7, 11) is -1.60. The van der Waals surface area contributed by atoms with Crippen LogP contribution in [0.5, 0.6) is 0 Å². The van der Waals surface area contributed by atoms with E-state index in [4.69, 9.17) is 0 Å². The molecule has 0 aliphatic heterocycles. The predicted molar refractivity (Wildman–Crippen MR) is 62.4 cm³/mol. The van der Waals surface area contributed by atoms with Gasteiger partial charge in [0.1, 0.15) is 0 Å². The van der Waals surface area contributed by atoms with E-state index < -0.39 is 7.12 Å². The predicted octanol–water partition coefficient (Wildman–Crippen LogP) is -3.88. The maximum absolute atomic E-state index is 10.2. The minimum absolute atomic E-state index is 0. The van der Waals surface area contributed by atoms with Gasteiger partial charge in [-0.1, -0.05) is 71.1 Å². The summed E-state index contributed by atoms with van der Waals surface area (Å²) in [4.78, 5) is 0. The van der Waals surface area contributed by atoms with Crippen LogP contribution in [0.15, 0.2) is 0 Å². The zero-order valence-electron chi connectivity index (χ0n) is 12.2. The van der Waals surface area contributed by atoms with Gasteiger partial charge in [-0.15, -0.1) is 13.4 Å². The van der Waals surface area contributed by atoms with E-state index in [-0.39, 0.29) is 59.1 Å². The van der Waals surface area contributed by atoms with Crippen LogP contribution in [0.1, 0.15) is 71.1 Å². The van der Waals surface area contributed by atoms with Crippen LogP contribution in [0, 0.1) is 0 Å². The molecular weight excluding hydrogens is 233 g/mol. The Kier molecular flexibility index (Phi) is 28.7. The molecule has 0 saturated heterocycles. The molecule has 0 aromatic heterocycles. The summed E-state index contributed by atoms with van der Waals surface area (Å²) in [5, 5.41) is 20.4. The van der Waals surface area contributed by atoms with Gasteiger partial charge in [0.05, 0.1) is 0 Å². The number of unbranched alkanes of at least 4 members (excludes halogenated alkanes) is 9. The maximum atomic E-state index is 10.2. The van der Waals surface area contributed by atoms with E-state index in [1.54, 1.807) is 0 Å². The third kappa shape index (κ3) is 23.5. The van der Waals surface area contributed by atoms with Crippen LogP contribution in [0.2, 0.25) is 6.32 Å². The summed E-state index contributed by atoms with van der Waals surface area (Å²) in [6.07, 6.45) is 12.8. The average Bonchev–Trinajstić information content (AvgIpc) is 2.20. The quantitative estimate of drug-likeness (QED) is 0.281. The largest absolute Gasteiger partial charge is 1.00 e. The SMILES string of the molecule is CCCCCCCCCCCCB([O-])[O-].[Na+].[Na+]. The molecular formula is C12H25BNa2O2. The van der Waals surface area contributed by atoms with E-state index in [1.807, 2.05) is 0 Å². The third-order valence-electron chi connectivity index (χ3n) is 2.79. The fraction of sp³-hybridized carbons (Fsp3) is 1.00. The molecule has 0 fully saturated rings. The fourth-order valence-electron chi connectivity index (χ4n) is 1.80. The van der Waals surface area contributed by atoms with Crippen molar-refractivity contribution in [3.8, 4) is 0 Å². The molecule has 0 aliphatic rings. The molecule has 0 aromatic carbocycles. The van der Waals surface area contributed by atoms with Crippen LogP contribution in [0.4, 0.5) is 0 Å². The molecule has 17 heavy (non-hydrogen) atoms. The summed E-state index contributed by atoms with van der Waals surface area (Å²) >= 11 is 0. The first-order valence-corrected chi connectivity index (χ1v) is 6.59. The average molecular weight is 258 g/mol. The molecule has 0 aliphatic carbocycles. The number of hydrogen-bond acceptors (Lipinski definition) is 2. The summed E-state index contributed by atoms with van der Waals surface area (Å²) in [6, 6.07) is 0. The van der Waals surface area contributed by atoms with Crippen molar-refractivity contribution in [1.82, 2.24) is 0 Å². The van der Waals surface area contributed by atoms with Crippen molar-refractivity contribution in [2.45, 2.75) is 77.5 Å². The second kappa shape index (κ2) is 20.3. The molecule has 0 rings (SSSR count). The third-order valence-corrected chi connectivity index (χ3v) is 2.79. The molecule has 0 atom stereocenters. The Morgan fingerprint density at radius 3 is 1.35 bits per heavy atom. The smallest absolute Gasteiger partial charge is 0.893 e. The molecule has 0 bridgehead atoms. The Bertz CT molecular complexity index is 127. The minimum atomic E-state index is -1.60. The van der Waals surface area contributed by atoms with Crippen LogP contribution < -0.4 is 69.2 Å². The Hall–Kier alpha value is 1.98. The summed E-state index contributed by atoms with van der Waals surface area (Å²) in [6.45, 7) is 2.24. The second-order valence-corrected chi connectivity index (χ2v) is 4.40. The molecule has 0 spiro atoms. The van der Waals surface area contributed by atoms with Crippen molar-refractivity contribution in [2.75, 3.05) is 0 Å². The fourth-order valence-corrected chi connectivity index (χ4v) is 1.80. The van der Waals surface area contributed by atoms with E-state index in [1.165, 1.54) is 51.4 Å². The van der Waals surface area contributed by atoms with E-state index in [9.17, 15) is 10.0 Å². The summed E-state index contributed by atoms with van der Waals surface area (Å²) in [5.74, 6) is 0. The first-order chi connectivity index (χ1) is 7.27. The van der Waals surface area contributed by atoms with Crippen molar-refractivity contribution in [3.05, 3.63) is 0 Å². The molecule has 0 heterocycles. The minimum Gasteiger partial charge on any atom is -0.893 e. The normalized spacial score (nSPS) is 9.35. The monoisotopic (exact) mass is 258 g/mol. The first kappa shape index (κ1) is 24.0. The van der Waals surface area contributed by atoms with Crippen LogP contribution >= 0.6 is 0 Å². The van der Waals surface area contributed by atoms with Crippen LogP contribution in [-0.4, -0.2) is 7.12 Å². The van der Waals surface area contributed by atoms with Gasteiger partial charge < -0.3 is 10.0 Å². The van der Waals surface area contributed by atoms with Gasteiger partial charge in [0.15, 0.2) is 0 Å². The summed E-state index contributed by atoms with van der Waals surface area (Å²) < 4.78 is 0. The molecule has 0 amide bonds. The van der Waals surface area contributed by atoms with E-state index >= 15 is 0 Å². The Labute approximate surface area is 152 Å². The molecule has 2 nitrogen and oxygen atoms in total. The maximum Gasteiger partial charge on any atom is 1.00 e. The molecule has 5 heteroatoms. The standard InChI is InChI=1S/C12H25BO2.2Na/c1-2-3-4-5-6-7-8-9-10-11-12-13(14)15;;/h2-12H2,1H3;;/q-2;2*+1. The van der Waals surface area contributed by atoms with E-state index in [0.717, 1.165) is 12.8 Å². The van der Waals surface area contributed by atoms with Gasteiger partial charge in [0, 0.05) is 0 Å². The van der Waals surface area contributed by atoms with Gasteiger partial charge in [-0.05, 0) is 0 Å². The van der Waals surface area contributed by atoms with Crippen molar-refractivity contribution < 1.29 is 69.2 Å². The van der Waals surface area contributed by atoms with Crippen molar-refractivity contribution in [1.29, 1.82) is 0 Å². The van der Waals surface area contributed by atoms with Gasteiger partial charge in [0.25, 0.3) is 0 Å². The van der Waals surface area contributed by atoms with Gasteiger partial charge >= 0.3 is 59.1 Å². The van der Waals surface area contributed by atoms with Gasteiger partial charge in [0.2, 0.25) is 0 Å². The van der Waals surface area contributed by atoms with Gasteiger partial charge in [-0.25, -0.2) is 0 Å². The zero-order chi connectivity index (χ0) is 11.4. The molecule has 0 radical (unpaired) electrons. The van der Waals surface area contributed by atoms with Crippen molar-refractivity contribution in [2.24, 2.45) is 0 Å². The first-order valence-electron chi connectivity index (χ1n) is 6.59. The topological polar surface area (TPSA) is 46.1 Å². The molecule has 90 valence electrons. The second-order valence-electron chi connectivity index (χ2n) is 4.40. The Morgan fingerprint density at radius 2 is 1.00 bits per heavy atom.